The zero-order chi connectivity index (χ0) is 14.7. The van der Waals surface area contributed by atoms with Gasteiger partial charge in [-0.2, -0.15) is 0 Å². The first-order valence-electron chi connectivity index (χ1n) is 8.99. The number of aryl methyl sites for hydroxylation is 2. The molecule has 0 aliphatic heterocycles. The molecule has 0 saturated heterocycles. The molecular formula is C22H24. The Morgan fingerprint density at radius 2 is 2.09 bits per heavy atom. The first-order chi connectivity index (χ1) is 10.8. The van der Waals surface area contributed by atoms with E-state index in [1.54, 1.807) is 16.7 Å². The maximum atomic E-state index is 2.53. The molecule has 0 N–H and O–H groups in total. The van der Waals surface area contributed by atoms with Crippen molar-refractivity contribution in [1.29, 1.82) is 0 Å². The Balaban J connectivity index is 1.61. The summed E-state index contributed by atoms with van der Waals surface area (Å²) in [5.41, 5.74) is 7.18. The summed E-state index contributed by atoms with van der Waals surface area (Å²) in [6.07, 6.45) is 11.9. The minimum Gasteiger partial charge on any atom is -0.0850 e. The predicted octanol–water partition coefficient (Wildman–Crippen LogP) is 5.62. The molecule has 5 rings (SSSR count). The molecule has 1 saturated carbocycles. The van der Waals surface area contributed by atoms with Crippen molar-refractivity contribution in [2.24, 2.45) is 11.3 Å². The molecule has 0 nitrogen and oxygen atoms in total. The van der Waals surface area contributed by atoms with Crippen LogP contribution in [0.3, 0.4) is 0 Å². The third-order valence-electron chi connectivity index (χ3n) is 6.75. The van der Waals surface area contributed by atoms with Crippen LogP contribution in [-0.2, 0) is 19.3 Å². The first kappa shape index (κ1) is 12.9. The average Bonchev–Trinajstić information content (AvgIpc) is 3.13. The smallest absolute Gasteiger partial charge is 0.0149 e. The van der Waals surface area contributed by atoms with Crippen molar-refractivity contribution in [3.05, 3.63) is 58.7 Å². The summed E-state index contributed by atoms with van der Waals surface area (Å²) >= 11 is 0. The molecule has 0 radical (unpaired) electrons. The van der Waals surface area contributed by atoms with Gasteiger partial charge in [-0.3, -0.25) is 0 Å². The van der Waals surface area contributed by atoms with Gasteiger partial charge in [0.25, 0.3) is 0 Å². The Morgan fingerprint density at radius 1 is 1.14 bits per heavy atom. The molecule has 2 aromatic carbocycles. The van der Waals surface area contributed by atoms with Crippen molar-refractivity contribution >= 4 is 10.8 Å². The molecule has 0 heteroatoms. The normalized spacial score (nSPS) is 29.1. The number of benzene rings is 2. The zero-order valence-electron chi connectivity index (χ0n) is 13.5. The van der Waals surface area contributed by atoms with E-state index in [0.717, 1.165) is 12.3 Å². The predicted molar refractivity (Wildman–Crippen MR) is 93.2 cm³/mol. The van der Waals surface area contributed by atoms with Crippen LogP contribution in [0.1, 0.15) is 49.3 Å². The molecule has 3 aliphatic rings. The number of allylic oxidation sites excluding steroid dienone is 2. The summed E-state index contributed by atoms with van der Waals surface area (Å²) in [4.78, 5) is 0. The fourth-order valence-corrected chi connectivity index (χ4v) is 5.54. The summed E-state index contributed by atoms with van der Waals surface area (Å²) in [5.74, 6) is 0.952. The van der Waals surface area contributed by atoms with Gasteiger partial charge < -0.3 is 0 Å². The lowest BCUT2D eigenvalue weighted by atomic mass is 9.64. The summed E-state index contributed by atoms with van der Waals surface area (Å²) < 4.78 is 0. The van der Waals surface area contributed by atoms with Crippen LogP contribution in [0.25, 0.3) is 10.8 Å². The molecule has 3 aliphatic carbocycles. The third kappa shape index (κ3) is 1.70. The van der Waals surface area contributed by atoms with Crippen LogP contribution in [0.15, 0.2) is 42.0 Å². The monoisotopic (exact) mass is 288 g/mol. The van der Waals surface area contributed by atoms with Gasteiger partial charge in [0.2, 0.25) is 0 Å². The number of fused-ring (bicyclic) bond motifs is 5. The molecule has 1 fully saturated rings. The third-order valence-corrected chi connectivity index (χ3v) is 6.75. The van der Waals surface area contributed by atoms with Gasteiger partial charge in [0.1, 0.15) is 0 Å². The van der Waals surface area contributed by atoms with Crippen LogP contribution in [-0.4, -0.2) is 0 Å². The Bertz CT molecular complexity index is 795. The largest absolute Gasteiger partial charge is 0.0850 e. The SMILES string of the molecule is CCc1cccc2cc3c(cc12)CCC1(CC2=CCC1C2)C3. The zero-order valence-corrected chi connectivity index (χ0v) is 13.5. The average molecular weight is 288 g/mol. The Morgan fingerprint density at radius 3 is 2.86 bits per heavy atom. The van der Waals surface area contributed by atoms with Crippen LogP contribution in [0.2, 0.25) is 0 Å². The topological polar surface area (TPSA) is 0 Å². The van der Waals surface area contributed by atoms with Crippen molar-refractivity contribution in [2.45, 2.75) is 51.9 Å². The van der Waals surface area contributed by atoms with E-state index in [4.69, 9.17) is 0 Å². The van der Waals surface area contributed by atoms with Gasteiger partial charge in [-0.05, 0) is 83.7 Å². The first-order valence-corrected chi connectivity index (χ1v) is 8.99. The lowest BCUT2D eigenvalue weighted by molar-refractivity contribution is 0.169. The molecular weight excluding hydrogens is 264 g/mol. The van der Waals surface area contributed by atoms with E-state index in [2.05, 4.69) is 43.3 Å². The quantitative estimate of drug-likeness (QED) is 0.598. The van der Waals surface area contributed by atoms with Crippen LogP contribution in [0.4, 0.5) is 0 Å². The highest BCUT2D eigenvalue weighted by atomic mass is 14.5. The highest BCUT2D eigenvalue weighted by Gasteiger charge is 2.48. The molecule has 0 amide bonds. The van der Waals surface area contributed by atoms with Crippen LogP contribution < -0.4 is 0 Å². The highest BCUT2D eigenvalue weighted by Crippen LogP contribution is 2.58. The Kier molecular flexibility index (Phi) is 2.63. The molecule has 1 spiro atoms. The van der Waals surface area contributed by atoms with E-state index in [1.165, 1.54) is 54.9 Å². The van der Waals surface area contributed by atoms with Crippen molar-refractivity contribution in [3.8, 4) is 0 Å². The van der Waals surface area contributed by atoms with Crippen molar-refractivity contribution in [2.75, 3.05) is 0 Å². The molecule has 112 valence electrons. The minimum absolute atomic E-state index is 0.618. The standard InChI is InChI=1S/C22H24/c1-2-16-4-3-5-18-11-19-14-22(9-8-17(19)12-21(16)18)13-15-6-7-20(22)10-15/h3-6,11-12,20H,2,7-10,13-14H2,1H3. The molecule has 22 heavy (non-hydrogen) atoms. The maximum absolute atomic E-state index is 2.53. The summed E-state index contributed by atoms with van der Waals surface area (Å²) in [6, 6.07) is 11.9. The Hall–Kier alpha value is -1.56. The van der Waals surface area contributed by atoms with Gasteiger partial charge in [-0.1, -0.05) is 48.9 Å². The van der Waals surface area contributed by atoms with E-state index < -0.39 is 0 Å². The molecule has 2 aromatic rings. The van der Waals surface area contributed by atoms with Crippen molar-refractivity contribution in [3.63, 3.8) is 0 Å². The van der Waals surface area contributed by atoms with Crippen LogP contribution >= 0.6 is 0 Å². The summed E-state index contributed by atoms with van der Waals surface area (Å²) in [5, 5.41) is 2.95. The molecule has 2 atom stereocenters. The van der Waals surface area contributed by atoms with Crippen molar-refractivity contribution < 1.29 is 0 Å². The van der Waals surface area contributed by atoms with E-state index in [0.29, 0.717) is 5.41 Å². The lowest BCUT2D eigenvalue weighted by Crippen LogP contribution is -2.33. The van der Waals surface area contributed by atoms with Crippen LogP contribution in [0, 0.1) is 11.3 Å². The van der Waals surface area contributed by atoms with Gasteiger partial charge >= 0.3 is 0 Å². The van der Waals surface area contributed by atoms with Crippen molar-refractivity contribution in [1.82, 2.24) is 0 Å². The number of hydrogen-bond donors (Lipinski definition) is 0. The molecule has 2 unspecified atom stereocenters. The van der Waals surface area contributed by atoms with E-state index in [9.17, 15) is 0 Å². The molecule has 2 bridgehead atoms. The minimum atomic E-state index is 0.618. The van der Waals surface area contributed by atoms with Gasteiger partial charge in [0.15, 0.2) is 0 Å². The number of hydrogen-bond acceptors (Lipinski definition) is 0. The van der Waals surface area contributed by atoms with E-state index >= 15 is 0 Å². The fraction of sp³-hybridized carbons (Fsp3) is 0.455. The fourth-order valence-electron chi connectivity index (χ4n) is 5.54. The highest BCUT2D eigenvalue weighted by molar-refractivity contribution is 5.87. The Labute approximate surface area is 133 Å². The van der Waals surface area contributed by atoms with E-state index in [1.807, 2.05) is 0 Å². The lowest BCUT2D eigenvalue weighted by Gasteiger charge is -2.40. The van der Waals surface area contributed by atoms with Gasteiger partial charge in [-0.25, -0.2) is 0 Å². The van der Waals surface area contributed by atoms with Gasteiger partial charge in [0.05, 0.1) is 0 Å². The van der Waals surface area contributed by atoms with E-state index in [-0.39, 0.29) is 0 Å². The second kappa shape index (κ2) is 4.47. The second-order valence-electron chi connectivity index (χ2n) is 7.83. The number of rotatable bonds is 1. The summed E-state index contributed by atoms with van der Waals surface area (Å²) in [7, 11) is 0. The van der Waals surface area contributed by atoms with Gasteiger partial charge in [-0.15, -0.1) is 0 Å². The maximum Gasteiger partial charge on any atom is -0.0149 e. The van der Waals surface area contributed by atoms with Crippen LogP contribution in [0.5, 0.6) is 0 Å². The second-order valence-corrected chi connectivity index (χ2v) is 7.83. The molecule has 0 heterocycles. The van der Waals surface area contributed by atoms with Gasteiger partial charge in [0, 0.05) is 0 Å². The summed E-state index contributed by atoms with van der Waals surface area (Å²) in [6.45, 7) is 2.27. The molecule has 0 aromatic heterocycles.